The molecule has 0 unspecified atom stereocenters. The second-order valence-corrected chi connectivity index (χ2v) is 9.15. The standard InChI is InChI=1S/C28H27F4NO5/c1-17-14-21(10-12-24(17)38-27(2,3)26(35)36)37-20-8-4-6-18(15-20)7-5-13-33-25(34)22-11-9-19(16-23(22)29)28(30,31)32/h4,6,8-12,14-16H,5,7,13H2,1-3H3,(H,33,34)(H,35,36). The van der Waals surface area contributed by atoms with Gasteiger partial charge in [0, 0.05) is 6.54 Å². The molecule has 0 aliphatic rings. The Morgan fingerprint density at radius 3 is 2.32 bits per heavy atom. The number of carbonyl (C=O) groups is 2. The Kier molecular flexibility index (Phi) is 8.65. The van der Waals surface area contributed by atoms with Crippen molar-refractivity contribution < 1.29 is 41.7 Å². The lowest BCUT2D eigenvalue weighted by Gasteiger charge is -2.23. The summed E-state index contributed by atoms with van der Waals surface area (Å²) in [5, 5.41) is 11.8. The summed E-state index contributed by atoms with van der Waals surface area (Å²) in [6.45, 7) is 4.89. The van der Waals surface area contributed by atoms with Gasteiger partial charge in [0.05, 0.1) is 11.1 Å². The van der Waals surface area contributed by atoms with Crippen LogP contribution in [-0.4, -0.2) is 29.1 Å². The highest BCUT2D eigenvalue weighted by Crippen LogP contribution is 2.31. The maximum atomic E-state index is 14.0. The van der Waals surface area contributed by atoms with Crippen molar-refractivity contribution in [1.82, 2.24) is 5.32 Å². The van der Waals surface area contributed by atoms with Gasteiger partial charge in [0.15, 0.2) is 5.60 Å². The normalized spacial score (nSPS) is 11.7. The van der Waals surface area contributed by atoms with Crippen molar-refractivity contribution in [3.8, 4) is 17.2 Å². The van der Waals surface area contributed by atoms with Crippen LogP contribution in [0.2, 0.25) is 0 Å². The summed E-state index contributed by atoms with van der Waals surface area (Å²) in [6.07, 6.45) is -3.63. The summed E-state index contributed by atoms with van der Waals surface area (Å²) < 4.78 is 63.5. The van der Waals surface area contributed by atoms with Gasteiger partial charge in [-0.05, 0) is 93.3 Å². The third kappa shape index (κ3) is 7.47. The topological polar surface area (TPSA) is 84.9 Å². The van der Waals surface area contributed by atoms with Gasteiger partial charge in [-0.1, -0.05) is 12.1 Å². The molecule has 0 aliphatic carbocycles. The van der Waals surface area contributed by atoms with Crippen LogP contribution in [0.3, 0.4) is 0 Å². The van der Waals surface area contributed by atoms with Crippen LogP contribution in [0.5, 0.6) is 17.2 Å². The number of ether oxygens (including phenoxy) is 2. The van der Waals surface area contributed by atoms with Crippen molar-refractivity contribution in [2.45, 2.75) is 45.4 Å². The predicted molar refractivity (Wildman–Crippen MR) is 132 cm³/mol. The number of alkyl halides is 3. The Hall–Kier alpha value is -4.08. The molecule has 0 bridgehead atoms. The first-order valence-corrected chi connectivity index (χ1v) is 11.7. The fraction of sp³-hybridized carbons (Fsp3) is 0.286. The van der Waals surface area contributed by atoms with E-state index >= 15 is 0 Å². The first-order valence-electron chi connectivity index (χ1n) is 11.7. The number of hydrogen-bond donors (Lipinski definition) is 2. The van der Waals surface area contributed by atoms with Crippen molar-refractivity contribution in [1.29, 1.82) is 0 Å². The highest BCUT2D eigenvalue weighted by molar-refractivity contribution is 5.94. The van der Waals surface area contributed by atoms with Crippen molar-refractivity contribution in [3.63, 3.8) is 0 Å². The number of aryl methyl sites for hydroxylation is 2. The van der Waals surface area contributed by atoms with Gasteiger partial charge in [0.2, 0.25) is 0 Å². The minimum atomic E-state index is -4.69. The Bertz CT molecular complexity index is 1320. The number of halogens is 4. The molecule has 0 saturated carbocycles. The average Bonchev–Trinajstić information content (AvgIpc) is 2.83. The van der Waals surface area contributed by atoms with Gasteiger partial charge in [-0.15, -0.1) is 0 Å². The Morgan fingerprint density at radius 2 is 1.68 bits per heavy atom. The zero-order valence-corrected chi connectivity index (χ0v) is 21.0. The largest absolute Gasteiger partial charge is 0.478 e. The molecule has 0 aliphatic heterocycles. The summed E-state index contributed by atoms with van der Waals surface area (Å²) in [5.41, 5.74) is -1.38. The minimum Gasteiger partial charge on any atom is -0.478 e. The first kappa shape index (κ1) is 28.5. The Balaban J connectivity index is 1.54. The van der Waals surface area contributed by atoms with E-state index in [4.69, 9.17) is 9.47 Å². The van der Waals surface area contributed by atoms with Gasteiger partial charge in [-0.2, -0.15) is 13.2 Å². The van der Waals surface area contributed by atoms with Crippen LogP contribution in [-0.2, 0) is 17.4 Å². The molecule has 0 radical (unpaired) electrons. The lowest BCUT2D eigenvalue weighted by molar-refractivity contribution is -0.152. The number of amides is 1. The predicted octanol–water partition coefficient (Wildman–Crippen LogP) is 6.55. The van der Waals surface area contributed by atoms with Crippen LogP contribution >= 0.6 is 0 Å². The summed E-state index contributed by atoms with van der Waals surface area (Å²) >= 11 is 0. The molecule has 38 heavy (non-hydrogen) atoms. The van der Waals surface area contributed by atoms with E-state index in [1.807, 2.05) is 12.1 Å². The molecular formula is C28H27F4NO5. The van der Waals surface area contributed by atoms with Gasteiger partial charge in [0.25, 0.3) is 5.91 Å². The maximum absolute atomic E-state index is 14.0. The molecule has 3 aromatic carbocycles. The van der Waals surface area contributed by atoms with E-state index in [2.05, 4.69) is 5.32 Å². The van der Waals surface area contributed by atoms with Gasteiger partial charge < -0.3 is 19.9 Å². The molecule has 6 nitrogen and oxygen atoms in total. The molecule has 0 spiro atoms. The number of hydrogen-bond acceptors (Lipinski definition) is 4. The van der Waals surface area contributed by atoms with E-state index < -0.39 is 40.6 Å². The van der Waals surface area contributed by atoms with Gasteiger partial charge in [-0.25, -0.2) is 9.18 Å². The molecule has 0 fully saturated rings. The summed E-state index contributed by atoms with van der Waals surface area (Å²) in [7, 11) is 0. The fourth-order valence-electron chi connectivity index (χ4n) is 3.48. The Morgan fingerprint density at radius 1 is 0.974 bits per heavy atom. The second kappa shape index (κ2) is 11.5. The number of rotatable bonds is 10. The third-order valence-electron chi connectivity index (χ3n) is 5.63. The molecule has 202 valence electrons. The van der Waals surface area contributed by atoms with Crippen LogP contribution in [0.4, 0.5) is 17.6 Å². The van der Waals surface area contributed by atoms with E-state index in [9.17, 15) is 32.3 Å². The number of carbonyl (C=O) groups excluding carboxylic acids is 1. The van der Waals surface area contributed by atoms with Crippen molar-refractivity contribution in [2.24, 2.45) is 0 Å². The van der Waals surface area contributed by atoms with Crippen LogP contribution in [0.15, 0.2) is 60.7 Å². The molecule has 10 heteroatoms. The van der Waals surface area contributed by atoms with Gasteiger partial charge in [-0.3, -0.25) is 4.79 Å². The van der Waals surface area contributed by atoms with Crippen molar-refractivity contribution in [3.05, 3.63) is 88.7 Å². The lowest BCUT2D eigenvalue weighted by Crippen LogP contribution is -2.38. The van der Waals surface area contributed by atoms with Crippen molar-refractivity contribution in [2.75, 3.05) is 6.54 Å². The highest BCUT2D eigenvalue weighted by Gasteiger charge is 2.32. The van der Waals surface area contributed by atoms with E-state index in [1.54, 1.807) is 37.3 Å². The summed E-state index contributed by atoms with van der Waals surface area (Å²) in [5.74, 6) is -1.58. The van der Waals surface area contributed by atoms with Crippen molar-refractivity contribution >= 4 is 11.9 Å². The van der Waals surface area contributed by atoms with Crippen LogP contribution < -0.4 is 14.8 Å². The number of aliphatic carboxylic acids is 1. The molecule has 0 heterocycles. The van der Waals surface area contributed by atoms with Gasteiger partial charge >= 0.3 is 12.1 Å². The van der Waals surface area contributed by atoms with E-state index in [-0.39, 0.29) is 6.54 Å². The monoisotopic (exact) mass is 533 g/mol. The zero-order chi connectivity index (χ0) is 28.1. The van der Waals surface area contributed by atoms with Crippen LogP contribution in [0.1, 0.15) is 47.3 Å². The molecule has 0 aromatic heterocycles. The van der Waals surface area contributed by atoms with E-state index in [0.29, 0.717) is 47.8 Å². The summed E-state index contributed by atoms with van der Waals surface area (Å²) in [6, 6.07) is 14.1. The number of nitrogens with one attached hydrogen (secondary N) is 1. The summed E-state index contributed by atoms with van der Waals surface area (Å²) in [4.78, 5) is 23.5. The van der Waals surface area contributed by atoms with Crippen LogP contribution in [0, 0.1) is 12.7 Å². The number of carboxylic acids is 1. The fourth-order valence-corrected chi connectivity index (χ4v) is 3.48. The number of carboxylic acid groups (broad SMARTS) is 1. The molecule has 1 amide bonds. The minimum absolute atomic E-state index is 0.192. The number of benzene rings is 3. The second-order valence-electron chi connectivity index (χ2n) is 9.15. The quantitative estimate of drug-likeness (QED) is 0.228. The Labute approximate surface area is 217 Å². The lowest BCUT2D eigenvalue weighted by atomic mass is 10.1. The first-order chi connectivity index (χ1) is 17.8. The smallest absolute Gasteiger partial charge is 0.416 e. The third-order valence-corrected chi connectivity index (χ3v) is 5.63. The van der Waals surface area contributed by atoms with E-state index in [1.165, 1.54) is 13.8 Å². The van der Waals surface area contributed by atoms with E-state index in [0.717, 1.165) is 11.6 Å². The molecule has 0 atom stereocenters. The maximum Gasteiger partial charge on any atom is 0.416 e. The SMILES string of the molecule is Cc1cc(Oc2cccc(CCCNC(=O)c3ccc(C(F)(F)F)cc3F)c2)ccc1OC(C)(C)C(=O)O. The molecular weight excluding hydrogens is 506 g/mol. The zero-order valence-electron chi connectivity index (χ0n) is 21.0. The highest BCUT2D eigenvalue weighted by atomic mass is 19.4. The molecule has 3 rings (SSSR count). The molecule has 0 saturated heterocycles. The molecule has 2 N–H and O–H groups in total. The average molecular weight is 534 g/mol. The van der Waals surface area contributed by atoms with Crippen LogP contribution in [0.25, 0.3) is 0 Å². The van der Waals surface area contributed by atoms with Gasteiger partial charge in [0.1, 0.15) is 23.1 Å². The molecule has 3 aromatic rings.